The third kappa shape index (κ3) is 3.75. The predicted octanol–water partition coefficient (Wildman–Crippen LogP) is 2.61. The van der Waals surface area contributed by atoms with Gasteiger partial charge in [0.1, 0.15) is 0 Å². The molecular formula is C13H17BrN2O3. The number of aliphatic hydroxyl groups is 1. The minimum atomic E-state index is -0.388. The molecule has 19 heavy (non-hydrogen) atoms. The highest BCUT2D eigenvalue weighted by molar-refractivity contribution is 9.10. The Balaban J connectivity index is 1.89. The van der Waals surface area contributed by atoms with Crippen LogP contribution in [-0.2, 0) is 6.54 Å². The minimum absolute atomic E-state index is 0.0931. The van der Waals surface area contributed by atoms with Gasteiger partial charge in [0.2, 0.25) is 0 Å². The van der Waals surface area contributed by atoms with Crippen molar-refractivity contribution in [2.45, 2.75) is 31.9 Å². The van der Waals surface area contributed by atoms with E-state index in [4.69, 9.17) is 0 Å². The van der Waals surface area contributed by atoms with Crippen molar-refractivity contribution in [2.24, 2.45) is 5.92 Å². The van der Waals surface area contributed by atoms with Gasteiger partial charge in [-0.2, -0.15) is 0 Å². The fourth-order valence-electron chi connectivity index (χ4n) is 2.49. The van der Waals surface area contributed by atoms with E-state index in [0.717, 1.165) is 31.4 Å². The summed E-state index contributed by atoms with van der Waals surface area (Å²) in [5.41, 5.74) is 0.975. The fraction of sp³-hybridized carbons (Fsp3) is 0.538. The van der Waals surface area contributed by atoms with Gasteiger partial charge in [-0.25, -0.2) is 0 Å². The Labute approximate surface area is 120 Å². The van der Waals surface area contributed by atoms with Crippen LogP contribution in [0.15, 0.2) is 22.7 Å². The molecule has 2 N–H and O–H groups in total. The van der Waals surface area contributed by atoms with Crippen molar-refractivity contribution in [3.05, 3.63) is 38.3 Å². The van der Waals surface area contributed by atoms with Crippen LogP contribution in [0.5, 0.6) is 0 Å². The maximum atomic E-state index is 10.8. The van der Waals surface area contributed by atoms with E-state index in [1.165, 1.54) is 6.07 Å². The van der Waals surface area contributed by atoms with Crippen LogP contribution >= 0.6 is 15.9 Å². The zero-order valence-electron chi connectivity index (χ0n) is 10.5. The molecule has 1 aliphatic rings. The first-order chi connectivity index (χ1) is 9.08. The summed E-state index contributed by atoms with van der Waals surface area (Å²) in [6, 6.07) is 5.05. The monoisotopic (exact) mass is 328 g/mol. The summed E-state index contributed by atoms with van der Waals surface area (Å²) in [6.07, 6.45) is 2.62. The van der Waals surface area contributed by atoms with Crippen LogP contribution in [-0.4, -0.2) is 22.7 Å². The van der Waals surface area contributed by atoms with Crippen molar-refractivity contribution in [3.63, 3.8) is 0 Å². The molecule has 0 aliphatic heterocycles. The molecule has 2 atom stereocenters. The Hall–Kier alpha value is -0.980. The number of benzene rings is 1. The molecule has 0 radical (unpaired) electrons. The number of rotatable bonds is 5. The summed E-state index contributed by atoms with van der Waals surface area (Å²) in [5, 5.41) is 23.6. The highest BCUT2D eigenvalue weighted by Crippen LogP contribution is 2.28. The summed E-state index contributed by atoms with van der Waals surface area (Å²) in [5.74, 6) is 0.507. The second kappa shape index (κ2) is 6.45. The molecule has 1 fully saturated rings. The lowest BCUT2D eigenvalue weighted by molar-refractivity contribution is -0.385. The van der Waals surface area contributed by atoms with Crippen LogP contribution in [0.3, 0.4) is 0 Å². The topological polar surface area (TPSA) is 75.4 Å². The first-order valence-electron chi connectivity index (χ1n) is 6.38. The standard InChI is InChI=1S/C13H17BrN2O3/c14-13-10(2-1-3-12(13)16(18)19)8-15-7-9-4-5-11(17)6-9/h1-3,9,11,15,17H,4-8H2. The molecule has 2 unspecified atom stereocenters. The van der Waals surface area contributed by atoms with E-state index in [1.54, 1.807) is 6.07 Å². The quantitative estimate of drug-likeness (QED) is 0.643. The van der Waals surface area contributed by atoms with Crippen molar-refractivity contribution in [3.8, 4) is 0 Å². The number of nitro benzene ring substituents is 1. The molecule has 1 aliphatic carbocycles. The van der Waals surface area contributed by atoms with Crippen LogP contribution in [0.25, 0.3) is 0 Å². The maximum absolute atomic E-state index is 10.8. The molecule has 2 rings (SSSR count). The minimum Gasteiger partial charge on any atom is -0.393 e. The average Bonchev–Trinajstić information content (AvgIpc) is 2.77. The van der Waals surface area contributed by atoms with E-state index in [-0.39, 0.29) is 16.7 Å². The molecule has 0 bridgehead atoms. The summed E-state index contributed by atoms with van der Waals surface area (Å²) < 4.78 is 0.541. The highest BCUT2D eigenvalue weighted by Gasteiger charge is 2.22. The summed E-state index contributed by atoms with van der Waals surface area (Å²) in [7, 11) is 0. The van der Waals surface area contributed by atoms with Crippen LogP contribution < -0.4 is 5.32 Å². The number of halogens is 1. The van der Waals surface area contributed by atoms with Crippen LogP contribution in [0.1, 0.15) is 24.8 Å². The van der Waals surface area contributed by atoms with E-state index in [9.17, 15) is 15.2 Å². The van der Waals surface area contributed by atoms with E-state index in [2.05, 4.69) is 21.2 Å². The van der Waals surface area contributed by atoms with Crippen molar-refractivity contribution in [2.75, 3.05) is 6.54 Å². The molecule has 0 saturated heterocycles. The lowest BCUT2D eigenvalue weighted by Gasteiger charge is -2.11. The van der Waals surface area contributed by atoms with E-state index in [0.29, 0.717) is 16.9 Å². The first-order valence-corrected chi connectivity index (χ1v) is 7.17. The lowest BCUT2D eigenvalue weighted by Crippen LogP contribution is -2.21. The van der Waals surface area contributed by atoms with Crippen LogP contribution in [0.4, 0.5) is 5.69 Å². The predicted molar refractivity (Wildman–Crippen MR) is 75.9 cm³/mol. The van der Waals surface area contributed by atoms with Gasteiger partial charge in [-0.1, -0.05) is 12.1 Å². The maximum Gasteiger partial charge on any atom is 0.283 e. The number of aliphatic hydroxyl groups excluding tert-OH is 1. The molecule has 104 valence electrons. The molecular weight excluding hydrogens is 312 g/mol. The largest absolute Gasteiger partial charge is 0.393 e. The van der Waals surface area contributed by atoms with E-state index >= 15 is 0 Å². The van der Waals surface area contributed by atoms with Crippen molar-refractivity contribution >= 4 is 21.6 Å². The Morgan fingerprint density at radius 3 is 2.89 bits per heavy atom. The molecule has 1 aromatic rings. The zero-order valence-corrected chi connectivity index (χ0v) is 12.1. The Morgan fingerprint density at radius 2 is 2.26 bits per heavy atom. The number of nitrogens with zero attached hydrogens (tertiary/aromatic N) is 1. The highest BCUT2D eigenvalue weighted by atomic mass is 79.9. The molecule has 6 heteroatoms. The molecule has 5 nitrogen and oxygen atoms in total. The van der Waals surface area contributed by atoms with Crippen molar-refractivity contribution < 1.29 is 10.0 Å². The van der Waals surface area contributed by atoms with E-state index < -0.39 is 0 Å². The van der Waals surface area contributed by atoms with Gasteiger partial charge in [-0.3, -0.25) is 10.1 Å². The second-order valence-electron chi connectivity index (χ2n) is 4.97. The van der Waals surface area contributed by atoms with Gasteiger partial charge in [0, 0.05) is 12.6 Å². The Bertz CT molecular complexity index is 467. The van der Waals surface area contributed by atoms with Gasteiger partial charge in [-0.15, -0.1) is 0 Å². The van der Waals surface area contributed by atoms with Crippen molar-refractivity contribution in [1.29, 1.82) is 0 Å². The zero-order chi connectivity index (χ0) is 13.8. The number of hydrogen-bond acceptors (Lipinski definition) is 4. The van der Waals surface area contributed by atoms with Gasteiger partial charge in [0.05, 0.1) is 15.5 Å². The summed E-state index contributed by atoms with van der Waals surface area (Å²) >= 11 is 3.28. The van der Waals surface area contributed by atoms with Crippen LogP contribution in [0, 0.1) is 16.0 Å². The molecule has 1 aromatic carbocycles. The molecule has 0 aromatic heterocycles. The first kappa shape index (κ1) is 14.4. The normalized spacial score (nSPS) is 22.6. The van der Waals surface area contributed by atoms with Crippen molar-refractivity contribution in [1.82, 2.24) is 5.32 Å². The molecule has 0 amide bonds. The summed E-state index contributed by atoms with van der Waals surface area (Å²) in [4.78, 5) is 10.4. The van der Waals surface area contributed by atoms with E-state index in [1.807, 2.05) is 6.07 Å². The Morgan fingerprint density at radius 1 is 1.47 bits per heavy atom. The smallest absolute Gasteiger partial charge is 0.283 e. The van der Waals surface area contributed by atoms with Gasteiger partial charge in [0.25, 0.3) is 5.69 Å². The third-order valence-electron chi connectivity index (χ3n) is 3.52. The molecule has 0 heterocycles. The van der Waals surface area contributed by atoms with Gasteiger partial charge >= 0.3 is 0 Å². The van der Waals surface area contributed by atoms with Gasteiger partial charge in [0.15, 0.2) is 0 Å². The SMILES string of the molecule is O=[N+]([O-])c1cccc(CNCC2CCC(O)C2)c1Br. The van der Waals surface area contributed by atoms with Gasteiger partial charge in [-0.05, 0) is 53.2 Å². The lowest BCUT2D eigenvalue weighted by atomic mass is 10.1. The Kier molecular flexibility index (Phi) is 4.90. The number of hydrogen-bond donors (Lipinski definition) is 2. The van der Waals surface area contributed by atoms with Crippen LogP contribution in [0.2, 0.25) is 0 Å². The molecule has 1 saturated carbocycles. The molecule has 0 spiro atoms. The number of nitrogens with one attached hydrogen (secondary N) is 1. The van der Waals surface area contributed by atoms with Gasteiger partial charge < -0.3 is 10.4 Å². The third-order valence-corrected chi connectivity index (χ3v) is 4.43. The fourth-order valence-corrected chi connectivity index (χ4v) is 3.04. The second-order valence-corrected chi connectivity index (χ2v) is 5.76. The average molecular weight is 329 g/mol. The summed E-state index contributed by atoms with van der Waals surface area (Å²) in [6.45, 7) is 1.43. The number of nitro groups is 1.